The van der Waals surface area contributed by atoms with E-state index in [0.717, 1.165) is 0 Å². The fourth-order valence-corrected chi connectivity index (χ4v) is 3.01. The van der Waals surface area contributed by atoms with Gasteiger partial charge >= 0.3 is 0 Å². The van der Waals surface area contributed by atoms with Crippen LogP contribution >= 0.6 is 0 Å². The van der Waals surface area contributed by atoms with E-state index in [9.17, 15) is 0 Å². The lowest BCUT2D eigenvalue weighted by Gasteiger charge is -2.34. The van der Waals surface area contributed by atoms with Crippen LogP contribution in [0, 0.1) is 33.5 Å². The minimum atomic E-state index is 0.240. The van der Waals surface area contributed by atoms with E-state index in [4.69, 9.17) is 9.78 Å². The van der Waals surface area contributed by atoms with Gasteiger partial charge in [-0.15, -0.1) is 0 Å². The molecule has 0 heterocycles. The van der Waals surface area contributed by atoms with E-state index in [-0.39, 0.29) is 10.8 Å². The first-order valence-electron chi connectivity index (χ1n) is 10.7. The molecule has 0 N–H and O–H groups in total. The van der Waals surface area contributed by atoms with Gasteiger partial charge in [0.1, 0.15) is 0 Å². The predicted molar refractivity (Wildman–Crippen MR) is 115 cm³/mol. The Morgan fingerprint density at radius 2 is 0.769 bits per heavy atom. The van der Waals surface area contributed by atoms with Crippen LogP contribution in [0.25, 0.3) is 0 Å². The van der Waals surface area contributed by atoms with Gasteiger partial charge in [-0.05, 0) is 59.2 Å². The molecule has 0 saturated carbocycles. The zero-order chi connectivity index (χ0) is 20.8. The van der Waals surface area contributed by atoms with Crippen LogP contribution in [0.2, 0.25) is 0 Å². The highest BCUT2D eigenvalue weighted by Crippen LogP contribution is 2.35. The molecule has 0 bridgehead atoms. The Labute approximate surface area is 165 Å². The lowest BCUT2D eigenvalue weighted by molar-refractivity contribution is -0.315. The smallest absolute Gasteiger partial charge is 0.0855 e. The van der Waals surface area contributed by atoms with Crippen LogP contribution in [-0.4, -0.2) is 13.2 Å². The Bertz CT molecular complexity index is 333. The van der Waals surface area contributed by atoms with Crippen molar-refractivity contribution < 1.29 is 9.78 Å². The van der Waals surface area contributed by atoms with Crippen molar-refractivity contribution in [3.8, 4) is 0 Å². The predicted octanol–water partition coefficient (Wildman–Crippen LogP) is 7.91. The molecule has 0 aromatic carbocycles. The number of hydrogen-bond acceptors (Lipinski definition) is 2. The van der Waals surface area contributed by atoms with E-state index in [1.54, 1.807) is 0 Å². The van der Waals surface area contributed by atoms with E-state index in [2.05, 4.69) is 83.1 Å². The summed E-state index contributed by atoms with van der Waals surface area (Å²) in [5, 5.41) is 0. The van der Waals surface area contributed by atoms with Crippen LogP contribution in [-0.2, 0) is 9.78 Å². The maximum absolute atomic E-state index is 5.75. The highest BCUT2D eigenvalue weighted by molar-refractivity contribution is 4.77. The molecule has 0 rings (SSSR count). The largest absolute Gasteiger partial charge is 0.236 e. The monoisotopic (exact) mass is 370 g/mol. The number of rotatable bonds is 9. The van der Waals surface area contributed by atoms with Gasteiger partial charge in [-0.3, -0.25) is 0 Å². The quantitative estimate of drug-likeness (QED) is 0.233. The molecule has 0 aromatic rings. The van der Waals surface area contributed by atoms with Crippen molar-refractivity contribution in [3.63, 3.8) is 0 Å². The van der Waals surface area contributed by atoms with Gasteiger partial charge in [0.2, 0.25) is 0 Å². The molecular formula is C24H50O2. The van der Waals surface area contributed by atoms with Gasteiger partial charge in [-0.1, -0.05) is 83.1 Å². The van der Waals surface area contributed by atoms with Crippen LogP contribution in [0.15, 0.2) is 0 Å². The second-order valence-electron chi connectivity index (χ2n) is 12.9. The second-order valence-corrected chi connectivity index (χ2v) is 12.9. The van der Waals surface area contributed by atoms with Crippen LogP contribution in [0.5, 0.6) is 0 Å². The van der Waals surface area contributed by atoms with Gasteiger partial charge in [0.05, 0.1) is 13.2 Å². The summed E-state index contributed by atoms with van der Waals surface area (Å²) in [5.41, 5.74) is 1.22. The molecule has 0 aliphatic rings. The summed E-state index contributed by atoms with van der Waals surface area (Å²) >= 11 is 0. The molecule has 0 aliphatic heterocycles. The molecule has 26 heavy (non-hydrogen) atoms. The van der Waals surface area contributed by atoms with Gasteiger partial charge in [0, 0.05) is 0 Å². The molecule has 0 aromatic heterocycles. The molecule has 0 spiro atoms. The Balaban J connectivity index is 4.53. The van der Waals surface area contributed by atoms with E-state index in [0.29, 0.717) is 35.9 Å². The second kappa shape index (κ2) is 9.92. The van der Waals surface area contributed by atoms with Crippen molar-refractivity contribution in [2.75, 3.05) is 13.2 Å². The lowest BCUT2D eigenvalue weighted by Crippen LogP contribution is -2.29. The highest BCUT2D eigenvalue weighted by Gasteiger charge is 2.29. The van der Waals surface area contributed by atoms with Crippen molar-refractivity contribution in [2.45, 2.75) is 109 Å². The van der Waals surface area contributed by atoms with Gasteiger partial charge in [0.15, 0.2) is 0 Å². The third kappa shape index (κ3) is 13.1. The summed E-state index contributed by atoms with van der Waals surface area (Å²) in [6, 6.07) is 0. The summed E-state index contributed by atoms with van der Waals surface area (Å²) in [6.45, 7) is 29.1. The van der Waals surface area contributed by atoms with Crippen molar-refractivity contribution in [1.29, 1.82) is 0 Å². The molecular weight excluding hydrogens is 320 g/mol. The SMILES string of the molecule is CC(C)(C)CCC(COOCC(CCC(C)(C)C)C(C)(C)C)C(C)(C)C. The Kier molecular flexibility index (Phi) is 9.89. The third-order valence-electron chi connectivity index (χ3n) is 5.56. The van der Waals surface area contributed by atoms with Crippen LogP contribution in [0.3, 0.4) is 0 Å². The molecule has 2 unspecified atom stereocenters. The topological polar surface area (TPSA) is 18.5 Å². The molecule has 158 valence electrons. The molecule has 2 nitrogen and oxygen atoms in total. The number of hydrogen-bond donors (Lipinski definition) is 0. The fourth-order valence-electron chi connectivity index (χ4n) is 3.01. The van der Waals surface area contributed by atoms with Crippen LogP contribution < -0.4 is 0 Å². The Morgan fingerprint density at radius 3 is 0.962 bits per heavy atom. The van der Waals surface area contributed by atoms with E-state index in [1.165, 1.54) is 25.7 Å². The van der Waals surface area contributed by atoms with Crippen molar-refractivity contribution in [2.24, 2.45) is 33.5 Å². The normalized spacial score (nSPS) is 16.6. The first-order chi connectivity index (χ1) is 11.4. The molecule has 0 aliphatic carbocycles. The summed E-state index contributed by atoms with van der Waals surface area (Å²) in [5.74, 6) is 1.04. The average molecular weight is 371 g/mol. The average Bonchev–Trinajstić information content (AvgIpc) is 2.35. The first kappa shape index (κ1) is 25.9. The van der Waals surface area contributed by atoms with Gasteiger partial charge in [-0.2, -0.15) is 0 Å². The van der Waals surface area contributed by atoms with Gasteiger partial charge < -0.3 is 0 Å². The van der Waals surface area contributed by atoms with Crippen molar-refractivity contribution in [1.82, 2.24) is 0 Å². The third-order valence-corrected chi connectivity index (χ3v) is 5.56. The van der Waals surface area contributed by atoms with Gasteiger partial charge in [0.25, 0.3) is 0 Å². The fraction of sp³-hybridized carbons (Fsp3) is 1.00. The molecule has 0 amide bonds. The van der Waals surface area contributed by atoms with Crippen LogP contribution in [0.4, 0.5) is 0 Å². The maximum Gasteiger partial charge on any atom is 0.0855 e. The molecule has 0 saturated heterocycles. The van der Waals surface area contributed by atoms with Crippen molar-refractivity contribution in [3.05, 3.63) is 0 Å². The van der Waals surface area contributed by atoms with Crippen LogP contribution in [0.1, 0.15) is 109 Å². The van der Waals surface area contributed by atoms with E-state index >= 15 is 0 Å². The molecule has 0 radical (unpaired) electrons. The summed E-state index contributed by atoms with van der Waals surface area (Å²) in [4.78, 5) is 11.5. The highest BCUT2D eigenvalue weighted by atomic mass is 17.2. The van der Waals surface area contributed by atoms with Gasteiger partial charge in [-0.25, -0.2) is 9.78 Å². The zero-order valence-corrected chi connectivity index (χ0v) is 20.2. The first-order valence-corrected chi connectivity index (χ1v) is 10.7. The summed E-state index contributed by atoms with van der Waals surface area (Å²) in [7, 11) is 0. The summed E-state index contributed by atoms with van der Waals surface area (Å²) < 4.78 is 0. The zero-order valence-electron chi connectivity index (χ0n) is 20.2. The minimum absolute atomic E-state index is 0.240. The molecule has 0 fully saturated rings. The lowest BCUT2D eigenvalue weighted by atomic mass is 9.75. The van der Waals surface area contributed by atoms with Crippen molar-refractivity contribution >= 4 is 0 Å². The Morgan fingerprint density at radius 1 is 0.500 bits per heavy atom. The standard InChI is InChI=1S/C24H50O2/c1-21(2,3)15-13-19(23(7,8)9)17-25-26-18-20(24(10,11)12)14-16-22(4,5)6/h19-20H,13-18H2,1-12H3. The maximum atomic E-state index is 5.75. The molecule has 2 heteroatoms. The van der Waals surface area contributed by atoms with E-state index < -0.39 is 0 Å². The minimum Gasteiger partial charge on any atom is -0.236 e. The Hall–Kier alpha value is -0.0800. The van der Waals surface area contributed by atoms with E-state index in [1.807, 2.05) is 0 Å². The molecule has 2 atom stereocenters. The summed E-state index contributed by atoms with van der Waals surface area (Å²) in [6.07, 6.45) is 4.80.